The van der Waals surface area contributed by atoms with Crippen LogP contribution in [0, 0.1) is 17.0 Å². The fraction of sp³-hybridized carbons (Fsp3) is 0.0625. The van der Waals surface area contributed by atoms with E-state index in [1.165, 1.54) is 34.8 Å². The summed E-state index contributed by atoms with van der Waals surface area (Å²) in [5.74, 6) is -0.232. The van der Waals surface area contributed by atoms with Gasteiger partial charge in [-0.1, -0.05) is 23.5 Å². The maximum absolute atomic E-state index is 12.4. The molecule has 0 atom stereocenters. The van der Waals surface area contributed by atoms with Crippen molar-refractivity contribution in [3.05, 3.63) is 62.7 Å². The lowest BCUT2D eigenvalue weighted by Gasteiger charge is -2.00. The molecule has 0 unspecified atom stereocenters. The van der Waals surface area contributed by atoms with Crippen LogP contribution in [0.4, 0.5) is 10.8 Å². The Morgan fingerprint density at radius 3 is 2.92 bits per heavy atom. The molecule has 130 valence electrons. The number of nitro groups is 1. The van der Waals surface area contributed by atoms with E-state index < -0.39 is 4.92 Å². The van der Waals surface area contributed by atoms with Gasteiger partial charge in [0.05, 0.1) is 10.6 Å². The number of non-ortho nitro benzene ring substituents is 1. The van der Waals surface area contributed by atoms with Crippen molar-refractivity contribution in [2.24, 2.45) is 0 Å². The van der Waals surface area contributed by atoms with Crippen LogP contribution < -0.4 is 5.32 Å². The molecule has 10 heteroatoms. The third kappa shape index (κ3) is 2.85. The predicted molar refractivity (Wildman–Crippen MR) is 100.0 cm³/mol. The zero-order chi connectivity index (χ0) is 18.3. The van der Waals surface area contributed by atoms with E-state index in [9.17, 15) is 14.9 Å². The van der Waals surface area contributed by atoms with Gasteiger partial charge in [0.2, 0.25) is 0 Å². The van der Waals surface area contributed by atoms with Crippen molar-refractivity contribution in [1.29, 1.82) is 0 Å². The van der Waals surface area contributed by atoms with Crippen LogP contribution >= 0.6 is 22.7 Å². The Bertz CT molecular complexity index is 1130. The van der Waals surface area contributed by atoms with Crippen molar-refractivity contribution in [2.75, 3.05) is 5.32 Å². The van der Waals surface area contributed by atoms with E-state index in [-0.39, 0.29) is 11.6 Å². The second-order valence-electron chi connectivity index (χ2n) is 5.39. The Morgan fingerprint density at radius 2 is 2.23 bits per heavy atom. The Balaban J connectivity index is 1.68. The number of fused-ring (bicyclic) bond motifs is 1. The number of amides is 1. The molecular weight excluding hydrogens is 374 g/mol. The Hall–Kier alpha value is -3.11. The first-order valence-electron chi connectivity index (χ1n) is 7.47. The summed E-state index contributed by atoms with van der Waals surface area (Å²) in [6.07, 6.45) is 3.40. The summed E-state index contributed by atoms with van der Waals surface area (Å²) in [6, 6.07) is 6.32. The highest BCUT2D eigenvalue weighted by atomic mass is 32.1. The molecule has 3 heterocycles. The number of carbonyl (C=O) groups excluding carboxylic acids is 1. The largest absolute Gasteiger partial charge is 0.297 e. The van der Waals surface area contributed by atoms with Crippen molar-refractivity contribution >= 4 is 44.4 Å². The summed E-state index contributed by atoms with van der Waals surface area (Å²) in [4.78, 5) is 32.7. The summed E-state index contributed by atoms with van der Waals surface area (Å²) in [6.45, 7) is 1.83. The third-order valence-corrected chi connectivity index (χ3v) is 5.61. The number of imidazole rings is 1. The van der Waals surface area contributed by atoms with E-state index in [2.05, 4.69) is 15.3 Å². The molecule has 1 N–H and O–H groups in total. The predicted octanol–water partition coefficient (Wildman–Crippen LogP) is 3.99. The number of hydrogen-bond acceptors (Lipinski definition) is 7. The van der Waals surface area contributed by atoms with Crippen LogP contribution in [0.5, 0.6) is 0 Å². The van der Waals surface area contributed by atoms with Crippen LogP contribution in [0.3, 0.4) is 0 Å². The van der Waals surface area contributed by atoms with E-state index in [0.29, 0.717) is 26.2 Å². The zero-order valence-electron chi connectivity index (χ0n) is 13.4. The molecule has 0 fully saturated rings. The third-order valence-electron chi connectivity index (χ3n) is 3.77. The quantitative estimate of drug-likeness (QED) is 0.423. The van der Waals surface area contributed by atoms with Gasteiger partial charge in [-0.15, -0.1) is 11.3 Å². The summed E-state index contributed by atoms with van der Waals surface area (Å²) >= 11 is 2.61. The van der Waals surface area contributed by atoms with Crippen LogP contribution in [-0.4, -0.2) is 25.2 Å². The lowest BCUT2D eigenvalue weighted by Crippen LogP contribution is -2.11. The maximum Gasteiger partial charge on any atom is 0.270 e. The van der Waals surface area contributed by atoms with Crippen LogP contribution in [0.15, 0.2) is 42.0 Å². The minimum absolute atomic E-state index is 0.0130. The van der Waals surface area contributed by atoms with Crippen LogP contribution in [0.25, 0.3) is 16.2 Å². The van der Waals surface area contributed by atoms with Gasteiger partial charge in [-0.3, -0.25) is 24.6 Å². The van der Waals surface area contributed by atoms with Crippen molar-refractivity contribution in [3.8, 4) is 11.3 Å². The first kappa shape index (κ1) is 16.4. The first-order chi connectivity index (χ1) is 12.5. The van der Waals surface area contributed by atoms with E-state index in [4.69, 9.17) is 0 Å². The second kappa shape index (κ2) is 6.32. The molecule has 4 rings (SSSR count). The monoisotopic (exact) mass is 385 g/mol. The number of nitrogens with one attached hydrogen (secondary N) is 1. The molecule has 4 aromatic rings. The number of benzene rings is 1. The minimum Gasteiger partial charge on any atom is -0.297 e. The number of aryl methyl sites for hydroxylation is 1. The van der Waals surface area contributed by atoms with Gasteiger partial charge < -0.3 is 0 Å². The average Bonchev–Trinajstić information content (AvgIpc) is 3.33. The highest BCUT2D eigenvalue weighted by Crippen LogP contribution is 2.29. The van der Waals surface area contributed by atoms with Gasteiger partial charge in [0.25, 0.3) is 11.6 Å². The van der Waals surface area contributed by atoms with Crippen molar-refractivity contribution < 1.29 is 9.72 Å². The number of rotatable bonds is 4. The van der Waals surface area contributed by atoms with Crippen LogP contribution in [-0.2, 0) is 0 Å². The van der Waals surface area contributed by atoms with E-state index in [0.717, 1.165) is 5.69 Å². The molecule has 3 aromatic heterocycles. The Morgan fingerprint density at radius 1 is 1.38 bits per heavy atom. The molecule has 0 aliphatic rings. The van der Waals surface area contributed by atoms with Gasteiger partial charge >= 0.3 is 0 Å². The standard InChI is InChI=1S/C16H11N5O3S2/c1-9-13(14(22)19-15-17-5-6-25-15)26-16-18-12(8-20(9)16)10-3-2-4-11(7-10)21(23)24/h2-8H,1H3,(H,17,19,22). The number of thiazole rings is 2. The smallest absolute Gasteiger partial charge is 0.270 e. The average molecular weight is 385 g/mol. The molecule has 0 radical (unpaired) electrons. The topological polar surface area (TPSA) is 102 Å². The Labute approximate surface area is 154 Å². The molecule has 0 spiro atoms. The summed E-state index contributed by atoms with van der Waals surface area (Å²) < 4.78 is 1.82. The molecule has 1 amide bonds. The van der Waals surface area contributed by atoms with Crippen molar-refractivity contribution in [2.45, 2.75) is 6.92 Å². The van der Waals surface area contributed by atoms with Crippen LogP contribution in [0.2, 0.25) is 0 Å². The molecule has 0 aliphatic heterocycles. The molecule has 8 nitrogen and oxygen atoms in total. The fourth-order valence-corrected chi connectivity index (χ4v) is 4.05. The molecular formula is C16H11N5O3S2. The minimum atomic E-state index is -0.436. The van der Waals surface area contributed by atoms with Gasteiger partial charge in [-0.25, -0.2) is 9.97 Å². The van der Waals surface area contributed by atoms with Crippen molar-refractivity contribution in [1.82, 2.24) is 14.4 Å². The van der Waals surface area contributed by atoms with E-state index >= 15 is 0 Å². The van der Waals surface area contributed by atoms with Crippen LogP contribution in [0.1, 0.15) is 15.4 Å². The highest BCUT2D eigenvalue weighted by molar-refractivity contribution is 7.19. The number of nitrogens with zero attached hydrogens (tertiary/aromatic N) is 4. The molecule has 0 saturated heterocycles. The lowest BCUT2D eigenvalue weighted by atomic mass is 10.1. The van der Waals surface area contributed by atoms with Gasteiger partial charge in [-0.2, -0.15) is 0 Å². The van der Waals surface area contributed by atoms with Crippen molar-refractivity contribution in [3.63, 3.8) is 0 Å². The second-order valence-corrected chi connectivity index (χ2v) is 7.27. The zero-order valence-corrected chi connectivity index (χ0v) is 15.0. The number of hydrogen-bond donors (Lipinski definition) is 1. The number of nitro benzene ring substituents is 1. The van der Waals surface area contributed by atoms with Gasteiger partial charge in [0, 0.05) is 41.2 Å². The molecule has 26 heavy (non-hydrogen) atoms. The molecule has 0 bridgehead atoms. The van der Waals surface area contributed by atoms with E-state index in [1.807, 2.05) is 11.3 Å². The Kier molecular flexibility index (Phi) is 3.98. The molecule has 0 aliphatic carbocycles. The molecule has 0 saturated carbocycles. The van der Waals surface area contributed by atoms with E-state index in [1.54, 1.807) is 29.9 Å². The maximum atomic E-state index is 12.4. The lowest BCUT2D eigenvalue weighted by molar-refractivity contribution is -0.384. The van der Waals surface area contributed by atoms with Gasteiger partial charge in [0.15, 0.2) is 10.1 Å². The normalized spacial score (nSPS) is 11.0. The number of anilines is 1. The van der Waals surface area contributed by atoms with Gasteiger partial charge in [0.1, 0.15) is 4.88 Å². The molecule has 1 aromatic carbocycles. The highest BCUT2D eigenvalue weighted by Gasteiger charge is 2.19. The van der Waals surface area contributed by atoms with Gasteiger partial charge in [-0.05, 0) is 6.92 Å². The number of aromatic nitrogens is 3. The number of carbonyl (C=O) groups is 1. The summed E-state index contributed by atoms with van der Waals surface area (Å²) in [5, 5.41) is 16.0. The first-order valence-corrected chi connectivity index (χ1v) is 9.16. The SMILES string of the molecule is Cc1c(C(=O)Nc2nccs2)sc2nc(-c3cccc([N+](=O)[O-])c3)cn12. The fourth-order valence-electron chi connectivity index (χ4n) is 2.52. The summed E-state index contributed by atoms with van der Waals surface area (Å²) in [5.41, 5.74) is 2.04. The summed E-state index contributed by atoms with van der Waals surface area (Å²) in [7, 11) is 0.